The highest BCUT2D eigenvalue weighted by Crippen LogP contribution is 2.26. The van der Waals surface area contributed by atoms with E-state index in [4.69, 9.17) is 9.47 Å². The molecule has 2 heterocycles. The Bertz CT molecular complexity index is 1020. The number of carbonyl (C=O) groups is 2. The van der Waals surface area contributed by atoms with Crippen LogP contribution in [0.5, 0.6) is 5.75 Å². The van der Waals surface area contributed by atoms with Crippen molar-refractivity contribution in [3.8, 4) is 5.75 Å². The molecule has 0 radical (unpaired) electrons. The van der Waals surface area contributed by atoms with E-state index >= 15 is 0 Å². The standard InChI is InChI=1S/C20H25N3O6S2/c1-14-11-16(6-7-17(14)28-2)31(26,27)23-8-4-9-29-18(23)13-22-20(25)19(24)21-12-15-5-3-10-30-15/h3,5-7,10-11,18H,4,8-9,12-13H2,1-2H3,(H,21,24)(H,22,25). The zero-order chi connectivity index (χ0) is 22.4. The molecule has 0 aliphatic carbocycles. The quantitative estimate of drug-likeness (QED) is 0.592. The first kappa shape index (κ1) is 23.2. The Balaban J connectivity index is 1.64. The fourth-order valence-corrected chi connectivity index (χ4v) is 5.47. The second kappa shape index (κ2) is 10.2. The number of rotatable bonds is 7. The summed E-state index contributed by atoms with van der Waals surface area (Å²) >= 11 is 1.47. The van der Waals surface area contributed by atoms with Crippen molar-refractivity contribution < 1.29 is 27.5 Å². The largest absolute Gasteiger partial charge is 0.496 e. The smallest absolute Gasteiger partial charge is 0.309 e. The van der Waals surface area contributed by atoms with Crippen molar-refractivity contribution in [2.24, 2.45) is 0 Å². The van der Waals surface area contributed by atoms with Gasteiger partial charge >= 0.3 is 11.8 Å². The van der Waals surface area contributed by atoms with Gasteiger partial charge in [0.1, 0.15) is 12.0 Å². The number of benzene rings is 1. The number of hydrogen-bond donors (Lipinski definition) is 2. The number of ether oxygens (including phenoxy) is 2. The number of nitrogens with one attached hydrogen (secondary N) is 2. The first-order valence-corrected chi connectivity index (χ1v) is 12.0. The number of aryl methyl sites for hydroxylation is 1. The monoisotopic (exact) mass is 467 g/mol. The van der Waals surface area contributed by atoms with Gasteiger partial charge in [-0.05, 0) is 48.6 Å². The molecule has 168 valence electrons. The first-order chi connectivity index (χ1) is 14.8. The summed E-state index contributed by atoms with van der Waals surface area (Å²) in [6.45, 7) is 2.48. The summed E-state index contributed by atoms with van der Waals surface area (Å²) in [5.41, 5.74) is 0.689. The molecule has 0 saturated carbocycles. The Hall–Kier alpha value is -2.47. The molecule has 11 heteroatoms. The molecule has 0 spiro atoms. The van der Waals surface area contributed by atoms with Gasteiger partial charge in [0, 0.05) is 11.4 Å². The number of nitrogens with zero attached hydrogens (tertiary/aromatic N) is 1. The predicted octanol–water partition coefficient (Wildman–Crippen LogP) is 1.23. The van der Waals surface area contributed by atoms with Crippen molar-refractivity contribution in [3.63, 3.8) is 0 Å². The maximum atomic E-state index is 13.2. The Morgan fingerprint density at radius 1 is 1.26 bits per heavy atom. The van der Waals surface area contributed by atoms with Crippen molar-refractivity contribution >= 4 is 33.2 Å². The number of methoxy groups -OCH3 is 1. The fraction of sp³-hybridized carbons (Fsp3) is 0.400. The van der Waals surface area contributed by atoms with E-state index in [1.165, 1.54) is 34.9 Å². The van der Waals surface area contributed by atoms with Gasteiger partial charge in [-0.1, -0.05) is 6.07 Å². The summed E-state index contributed by atoms with van der Waals surface area (Å²) in [5, 5.41) is 6.87. The average Bonchev–Trinajstić information content (AvgIpc) is 3.29. The summed E-state index contributed by atoms with van der Waals surface area (Å²) in [4.78, 5) is 25.2. The van der Waals surface area contributed by atoms with Crippen LogP contribution in [0.25, 0.3) is 0 Å². The number of hydrogen-bond acceptors (Lipinski definition) is 7. The van der Waals surface area contributed by atoms with Crippen LogP contribution in [0.2, 0.25) is 0 Å². The van der Waals surface area contributed by atoms with Gasteiger partial charge in [-0.3, -0.25) is 9.59 Å². The third-order valence-electron chi connectivity index (χ3n) is 4.77. The SMILES string of the molecule is COc1ccc(S(=O)(=O)N2CCCOC2CNC(=O)C(=O)NCc2cccs2)cc1C. The molecule has 1 fully saturated rings. The lowest BCUT2D eigenvalue weighted by Crippen LogP contribution is -2.53. The van der Waals surface area contributed by atoms with Gasteiger partial charge in [-0.15, -0.1) is 11.3 Å². The van der Waals surface area contributed by atoms with Crippen LogP contribution in [0, 0.1) is 6.92 Å². The van der Waals surface area contributed by atoms with Gasteiger partial charge in [0.15, 0.2) is 0 Å². The van der Waals surface area contributed by atoms with E-state index in [2.05, 4.69) is 10.6 Å². The van der Waals surface area contributed by atoms with Gasteiger partial charge in [-0.25, -0.2) is 8.42 Å². The molecule has 1 aliphatic heterocycles. The van der Waals surface area contributed by atoms with E-state index in [0.29, 0.717) is 24.3 Å². The number of amides is 2. The molecule has 9 nitrogen and oxygen atoms in total. The highest BCUT2D eigenvalue weighted by atomic mass is 32.2. The highest BCUT2D eigenvalue weighted by molar-refractivity contribution is 7.89. The van der Waals surface area contributed by atoms with E-state index < -0.39 is 28.1 Å². The summed E-state index contributed by atoms with van der Waals surface area (Å²) in [6.07, 6.45) is -0.379. The summed E-state index contributed by atoms with van der Waals surface area (Å²) in [6, 6.07) is 8.32. The van der Waals surface area contributed by atoms with Crippen LogP contribution < -0.4 is 15.4 Å². The van der Waals surface area contributed by atoms with Crippen molar-refractivity contribution in [2.75, 3.05) is 26.8 Å². The van der Waals surface area contributed by atoms with E-state index in [1.807, 2.05) is 17.5 Å². The summed E-state index contributed by atoms with van der Waals surface area (Å²) in [5.74, 6) is -1.04. The lowest BCUT2D eigenvalue weighted by molar-refractivity contribution is -0.140. The third kappa shape index (κ3) is 5.62. The Morgan fingerprint density at radius 3 is 2.71 bits per heavy atom. The second-order valence-corrected chi connectivity index (χ2v) is 9.82. The molecule has 2 aromatic rings. The highest BCUT2D eigenvalue weighted by Gasteiger charge is 2.35. The van der Waals surface area contributed by atoms with Crippen LogP contribution in [0.15, 0.2) is 40.6 Å². The van der Waals surface area contributed by atoms with Crippen LogP contribution in [0.4, 0.5) is 0 Å². The summed E-state index contributed by atoms with van der Waals surface area (Å²) in [7, 11) is -2.35. The lowest BCUT2D eigenvalue weighted by atomic mass is 10.2. The van der Waals surface area contributed by atoms with Gasteiger partial charge in [0.05, 0.1) is 31.7 Å². The van der Waals surface area contributed by atoms with Crippen LogP contribution in [0.1, 0.15) is 16.9 Å². The minimum atomic E-state index is -3.86. The molecular formula is C20H25N3O6S2. The van der Waals surface area contributed by atoms with Crippen LogP contribution in [-0.4, -0.2) is 57.6 Å². The molecule has 1 aliphatic rings. The fourth-order valence-electron chi connectivity index (χ4n) is 3.17. The van der Waals surface area contributed by atoms with E-state index in [-0.39, 0.29) is 24.5 Å². The van der Waals surface area contributed by atoms with Crippen LogP contribution in [0.3, 0.4) is 0 Å². The molecule has 1 aromatic heterocycles. The lowest BCUT2D eigenvalue weighted by Gasteiger charge is -2.34. The van der Waals surface area contributed by atoms with Crippen molar-refractivity contribution in [3.05, 3.63) is 46.2 Å². The number of carbonyl (C=O) groups excluding carboxylic acids is 2. The molecule has 1 saturated heterocycles. The number of thiophene rings is 1. The van der Waals surface area contributed by atoms with Crippen molar-refractivity contribution in [2.45, 2.75) is 31.0 Å². The van der Waals surface area contributed by atoms with Gasteiger partial charge in [-0.2, -0.15) is 4.31 Å². The van der Waals surface area contributed by atoms with E-state index in [1.54, 1.807) is 13.0 Å². The Labute approximate surface area is 185 Å². The molecular weight excluding hydrogens is 442 g/mol. The third-order valence-corrected chi connectivity index (χ3v) is 7.54. The van der Waals surface area contributed by atoms with Crippen molar-refractivity contribution in [1.82, 2.24) is 14.9 Å². The van der Waals surface area contributed by atoms with Gasteiger partial charge in [0.25, 0.3) is 0 Å². The molecule has 0 bridgehead atoms. The molecule has 2 amide bonds. The minimum absolute atomic E-state index is 0.112. The van der Waals surface area contributed by atoms with E-state index in [9.17, 15) is 18.0 Å². The maximum Gasteiger partial charge on any atom is 0.309 e. The molecule has 1 atom stereocenters. The average molecular weight is 468 g/mol. The van der Waals surface area contributed by atoms with Crippen molar-refractivity contribution in [1.29, 1.82) is 0 Å². The normalized spacial score (nSPS) is 17.2. The van der Waals surface area contributed by atoms with Crippen LogP contribution in [-0.2, 0) is 30.9 Å². The second-order valence-electron chi connectivity index (χ2n) is 6.90. The zero-order valence-electron chi connectivity index (χ0n) is 17.3. The Morgan fingerprint density at radius 2 is 2.03 bits per heavy atom. The molecule has 31 heavy (non-hydrogen) atoms. The minimum Gasteiger partial charge on any atom is -0.496 e. The van der Waals surface area contributed by atoms with Gasteiger partial charge < -0.3 is 20.1 Å². The predicted molar refractivity (Wildman–Crippen MR) is 115 cm³/mol. The van der Waals surface area contributed by atoms with Crippen LogP contribution >= 0.6 is 11.3 Å². The molecule has 1 unspecified atom stereocenters. The van der Waals surface area contributed by atoms with Gasteiger partial charge in [0.2, 0.25) is 10.0 Å². The van der Waals surface area contributed by atoms with E-state index in [0.717, 1.165) is 4.88 Å². The zero-order valence-corrected chi connectivity index (χ0v) is 18.9. The molecule has 2 N–H and O–H groups in total. The maximum absolute atomic E-state index is 13.2. The molecule has 1 aromatic carbocycles. The first-order valence-electron chi connectivity index (χ1n) is 9.69. The topological polar surface area (TPSA) is 114 Å². The molecule has 3 rings (SSSR count). The number of sulfonamides is 1. The summed E-state index contributed by atoms with van der Waals surface area (Å²) < 4.78 is 38.4. The Kier molecular flexibility index (Phi) is 7.65.